The highest BCUT2D eigenvalue weighted by Crippen LogP contribution is 2.25. The second kappa shape index (κ2) is 6.51. The predicted octanol–water partition coefficient (Wildman–Crippen LogP) is 3.79. The van der Waals surface area contributed by atoms with Gasteiger partial charge >= 0.3 is 0 Å². The second-order valence-electron chi connectivity index (χ2n) is 6.40. The molecule has 4 rings (SSSR count). The van der Waals surface area contributed by atoms with Crippen LogP contribution in [-0.2, 0) is 0 Å². The number of aromatic nitrogens is 2. The van der Waals surface area contributed by atoms with Crippen molar-refractivity contribution in [2.24, 2.45) is 0 Å². The van der Waals surface area contributed by atoms with Crippen molar-refractivity contribution >= 4 is 28.4 Å². The number of carbonyl (C=O) groups is 1. The number of hydrogen-bond acceptors (Lipinski definition) is 4. The molecule has 3 aromatic rings. The minimum Gasteiger partial charge on any atom is -0.355 e. The second-order valence-corrected chi connectivity index (χ2v) is 6.40. The van der Waals surface area contributed by atoms with E-state index in [4.69, 9.17) is 4.98 Å². The maximum absolute atomic E-state index is 12.9. The van der Waals surface area contributed by atoms with Gasteiger partial charge in [-0.1, -0.05) is 29.8 Å². The topological polar surface area (TPSA) is 58.1 Å². The van der Waals surface area contributed by atoms with Gasteiger partial charge in [-0.25, -0.2) is 9.97 Å². The van der Waals surface area contributed by atoms with Gasteiger partial charge in [-0.05, 0) is 44.0 Å². The Morgan fingerprint density at radius 1 is 0.960 bits per heavy atom. The summed E-state index contributed by atoms with van der Waals surface area (Å²) in [5, 5.41) is 2.95. The molecule has 126 valence electrons. The number of rotatable bonds is 3. The lowest BCUT2D eigenvalue weighted by molar-refractivity contribution is 0.102. The number of carbonyl (C=O) groups excluding carboxylic acids is 1. The molecule has 0 radical (unpaired) electrons. The number of amides is 1. The monoisotopic (exact) mass is 332 g/mol. The number of aryl methyl sites for hydroxylation is 1. The lowest BCUT2D eigenvalue weighted by Gasteiger charge is -2.19. The summed E-state index contributed by atoms with van der Waals surface area (Å²) in [6, 6.07) is 15.4. The number of hydrogen-bond donors (Lipinski definition) is 1. The van der Waals surface area contributed by atoms with E-state index >= 15 is 0 Å². The van der Waals surface area contributed by atoms with E-state index in [1.165, 1.54) is 0 Å². The molecule has 5 heteroatoms. The summed E-state index contributed by atoms with van der Waals surface area (Å²) in [5.74, 6) is 0.463. The highest BCUT2D eigenvalue weighted by molar-refractivity contribution is 6.07. The standard InChI is InChI=1S/C20H20N4O/c1-14-8-10-15(11-9-14)21-20(25)18-19(24-12-4-5-13-24)23-17-7-3-2-6-16(17)22-18/h2-3,6-11H,4-5,12-13H2,1H3,(H,21,25). The average molecular weight is 332 g/mol. The molecule has 0 bridgehead atoms. The number of anilines is 2. The third kappa shape index (κ3) is 3.18. The molecular formula is C20H20N4O. The van der Waals surface area contributed by atoms with Gasteiger partial charge < -0.3 is 10.2 Å². The first-order valence-corrected chi connectivity index (χ1v) is 8.60. The summed E-state index contributed by atoms with van der Waals surface area (Å²) in [7, 11) is 0. The number of nitrogens with zero attached hydrogens (tertiary/aromatic N) is 3. The van der Waals surface area contributed by atoms with E-state index in [1.807, 2.05) is 55.5 Å². The maximum Gasteiger partial charge on any atom is 0.278 e. The van der Waals surface area contributed by atoms with Crippen LogP contribution in [0.15, 0.2) is 48.5 Å². The fraction of sp³-hybridized carbons (Fsp3) is 0.250. The van der Waals surface area contributed by atoms with Crippen molar-refractivity contribution in [3.05, 3.63) is 59.8 Å². The van der Waals surface area contributed by atoms with E-state index in [0.717, 1.165) is 48.2 Å². The van der Waals surface area contributed by atoms with E-state index in [0.29, 0.717) is 11.5 Å². The zero-order valence-electron chi connectivity index (χ0n) is 14.2. The third-order valence-corrected chi connectivity index (χ3v) is 4.48. The van der Waals surface area contributed by atoms with Gasteiger partial charge in [0, 0.05) is 18.8 Å². The van der Waals surface area contributed by atoms with Gasteiger partial charge in [0.05, 0.1) is 11.0 Å². The largest absolute Gasteiger partial charge is 0.355 e. The molecular weight excluding hydrogens is 312 g/mol. The van der Waals surface area contributed by atoms with Crippen molar-refractivity contribution in [1.82, 2.24) is 9.97 Å². The fourth-order valence-corrected chi connectivity index (χ4v) is 3.12. The predicted molar refractivity (Wildman–Crippen MR) is 100 cm³/mol. The Hall–Kier alpha value is -2.95. The van der Waals surface area contributed by atoms with Crippen LogP contribution in [0.5, 0.6) is 0 Å². The van der Waals surface area contributed by atoms with Crippen molar-refractivity contribution in [3.8, 4) is 0 Å². The van der Waals surface area contributed by atoms with Crippen LogP contribution in [0.4, 0.5) is 11.5 Å². The molecule has 1 fully saturated rings. The fourth-order valence-electron chi connectivity index (χ4n) is 3.12. The van der Waals surface area contributed by atoms with Gasteiger partial charge in [-0.3, -0.25) is 4.79 Å². The van der Waals surface area contributed by atoms with E-state index in [-0.39, 0.29) is 5.91 Å². The summed E-state index contributed by atoms with van der Waals surface area (Å²) < 4.78 is 0. The smallest absolute Gasteiger partial charge is 0.278 e. The normalized spacial score (nSPS) is 14.0. The highest BCUT2D eigenvalue weighted by Gasteiger charge is 2.23. The van der Waals surface area contributed by atoms with Gasteiger partial charge in [-0.15, -0.1) is 0 Å². The lowest BCUT2D eigenvalue weighted by Crippen LogP contribution is -2.25. The van der Waals surface area contributed by atoms with Crippen molar-refractivity contribution in [3.63, 3.8) is 0 Å². The average Bonchev–Trinajstić information content (AvgIpc) is 3.17. The molecule has 0 aliphatic carbocycles. The quantitative estimate of drug-likeness (QED) is 0.793. The number of fused-ring (bicyclic) bond motifs is 1. The van der Waals surface area contributed by atoms with Crippen molar-refractivity contribution in [2.45, 2.75) is 19.8 Å². The Bertz CT molecular complexity index is 915. The summed E-state index contributed by atoms with van der Waals surface area (Å²) in [5.41, 5.74) is 3.86. The van der Waals surface area contributed by atoms with Crippen molar-refractivity contribution < 1.29 is 4.79 Å². The van der Waals surface area contributed by atoms with Crippen LogP contribution in [0.1, 0.15) is 28.9 Å². The zero-order chi connectivity index (χ0) is 17.2. The molecule has 2 heterocycles. The van der Waals surface area contributed by atoms with E-state index in [2.05, 4.69) is 15.2 Å². The van der Waals surface area contributed by atoms with Crippen LogP contribution in [0.3, 0.4) is 0 Å². The molecule has 1 aromatic heterocycles. The van der Waals surface area contributed by atoms with E-state index in [1.54, 1.807) is 0 Å². The number of para-hydroxylation sites is 2. The molecule has 0 saturated carbocycles. The molecule has 1 N–H and O–H groups in total. The van der Waals surface area contributed by atoms with Gasteiger partial charge in [0.1, 0.15) is 0 Å². The van der Waals surface area contributed by atoms with E-state index in [9.17, 15) is 4.79 Å². The number of nitrogens with one attached hydrogen (secondary N) is 1. The molecule has 5 nitrogen and oxygen atoms in total. The summed E-state index contributed by atoms with van der Waals surface area (Å²) in [6.45, 7) is 3.85. The Labute approximate surface area is 146 Å². The molecule has 1 saturated heterocycles. The zero-order valence-corrected chi connectivity index (χ0v) is 14.2. The maximum atomic E-state index is 12.9. The third-order valence-electron chi connectivity index (χ3n) is 4.48. The SMILES string of the molecule is Cc1ccc(NC(=O)c2nc3ccccc3nc2N2CCCC2)cc1. The van der Waals surface area contributed by atoms with Gasteiger partial charge in [0.2, 0.25) is 0 Å². The molecule has 1 amide bonds. The minimum atomic E-state index is -0.219. The Balaban J connectivity index is 1.74. The Kier molecular flexibility index (Phi) is 4.06. The van der Waals surface area contributed by atoms with Gasteiger partial charge in [0.25, 0.3) is 5.91 Å². The Morgan fingerprint density at radius 3 is 2.28 bits per heavy atom. The van der Waals surface area contributed by atoms with Crippen LogP contribution in [0.25, 0.3) is 11.0 Å². The number of benzene rings is 2. The molecule has 1 aliphatic rings. The summed E-state index contributed by atoms with van der Waals surface area (Å²) in [6.07, 6.45) is 2.24. The lowest BCUT2D eigenvalue weighted by atomic mass is 10.2. The van der Waals surface area contributed by atoms with Crippen LogP contribution >= 0.6 is 0 Å². The van der Waals surface area contributed by atoms with Crippen LogP contribution < -0.4 is 10.2 Å². The first kappa shape index (κ1) is 15.6. The molecule has 0 spiro atoms. The van der Waals surface area contributed by atoms with Gasteiger partial charge in [-0.2, -0.15) is 0 Å². The molecule has 0 unspecified atom stereocenters. The molecule has 2 aromatic carbocycles. The summed E-state index contributed by atoms with van der Waals surface area (Å²) >= 11 is 0. The first-order valence-electron chi connectivity index (χ1n) is 8.60. The van der Waals surface area contributed by atoms with Gasteiger partial charge in [0.15, 0.2) is 11.5 Å². The minimum absolute atomic E-state index is 0.219. The highest BCUT2D eigenvalue weighted by atomic mass is 16.1. The Morgan fingerprint density at radius 2 is 1.60 bits per heavy atom. The molecule has 25 heavy (non-hydrogen) atoms. The van der Waals surface area contributed by atoms with Crippen LogP contribution in [-0.4, -0.2) is 29.0 Å². The van der Waals surface area contributed by atoms with Crippen molar-refractivity contribution in [2.75, 3.05) is 23.3 Å². The van der Waals surface area contributed by atoms with Crippen molar-refractivity contribution in [1.29, 1.82) is 0 Å². The van der Waals surface area contributed by atoms with Crippen LogP contribution in [0, 0.1) is 6.92 Å². The van der Waals surface area contributed by atoms with E-state index < -0.39 is 0 Å². The first-order chi connectivity index (χ1) is 12.2. The summed E-state index contributed by atoms with van der Waals surface area (Å²) in [4.78, 5) is 24.4. The molecule has 1 aliphatic heterocycles. The molecule has 0 atom stereocenters. The van der Waals surface area contributed by atoms with Crippen LogP contribution in [0.2, 0.25) is 0 Å².